The van der Waals surface area contributed by atoms with Gasteiger partial charge in [0.25, 0.3) is 0 Å². The van der Waals surface area contributed by atoms with Crippen LogP contribution in [0.25, 0.3) is 0 Å². The first kappa shape index (κ1) is 24.8. The van der Waals surface area contributed by atoms with Gasteiger partial charge in [0.15, 0.2) is 0 Å². The van der Waals surface area contributed by atoms with Crippen LogP contribution in [-0.2, 0) is 29.9 Å². The molecule has 166 valence electrons. The number of nitriles is 1. The van der Waals surface area contributed by atoms with Gasteiger partial charge in [-0.15, -0.1) is 0 Å². The number of hydrogen-bond acceptors (Lipinski definition) is 6. The van der Waals surface area contributed by atoms with Gasteiger partial charge in [-0.25, -0.2) is 5.06 Å². The van der Waals surface area contributed by atoms with E-state index in [1.54, 1.807) is 38.1 Å². The zero-order chi connectivity index (χ0) is 22.7. The maximum absolute atomic E-state index is 13.6. The Morgan fingerprint density at radius 3 is 2.26 bits per heavy atom. The minimum absolute atomic E-state index is 0.163. The molecule has 0 heterocycles. The van der Waals surface area contributed by atoms with Crippen molar-refractivity contribution in [3.63, 3.8) is 0 Å². The fourth-order valence-corrected chi connectivity index (χ4v) is 5.38. The van der Waals surface area contributed by atoms with Crippen LogP contribution in [0.15, 0.2) is 54.6 Å². The molecule has 1 unspecified atom stereocenters. The molecule has 0 spiro atoms. The normalized spacial score (nSPS) is 12.2. The first-order chi connectivity index (χ1) is 14.9. The van der Waals surface area contributed by atoms with Crippen LogP contribution < -0.4 is 0 Å². The van der Waals surface area contributed by atoms with Crippen molar-refractivity contribution in [3.8, 4) is 6.07 Å². The Kier molecular flexibility index (Phi) is 9.90. The van der Waals surface area contributed by atoms with E-state index in [1.165, 1.54) is 12.0 Å². The lowest BCUT2D eigenvalue weighted by atomic mass is 10.0. The van der Waals surface area contributed by atoms with Crippen LogP contribution in [0.5, 0.6) is 0 Å². The van der Waals surface area contributed by atoms with Crippen molar-refractivity contribution < 1.29 is 23.2 Å². The van der Waals surface area contributed by atoms with Gasteiger partial charge in [-0.1, -0.05) is 48.5 Å². The van der Waals surface area contributed by atoms with Gasteiger partial charge in [-0.3, -0.25) is 14.2 Å². The summed E-state index contributed by atoms with van der Waals surface area (Å²) in [5.41, 5.74) is 1.17. The van der Waals surface area contributed by atoms with Crippen molar-refractivity contribution in [3.05, 3.63) is 71.3 Å². The van der Waals surface area contributed by atoms with E-state index in [1.807, 2.05) is 30.3 Å². The summed E-state index contributed by atoms with van der Waals surface area (Å²) in [6.07, 6.45) is 0.240. The standard InChI is InChI=1S/C23H29N2O5P/c1-4-29-31(27,30-5-2)23(22-14-10-9-13-21(22)17-24)15-16-25(19(3)26)28-18-20-11-7-6-8-12-20/h6-14,23H,4-5,15-16,18H2,1-3H3. The monoisotopic (exact) mass is 444 g/mol. The van der Waals surface area contributed by atoms with Crippen molar-refractivity contribution in [2.24, 2.45) is 0 Å². The Labute approximate surface area is 184 Å². The van der Waals surface area contributed by atoms with Gasteiger partial charge in [0.05, 0.1) is 30.5 Å². The van der Waals surface area contributed by atoms with Crippen molar-refractivity contribution >= 4 is 13.5 Å². The predicted molar refractivity (Wildman–Crippen MR) is 118 cm³/mol. The molecule has 0 saturated carbocycles. The highest BCUT2D eigenvalue weighted by molar-refractivity contribution is 7.54. The van der Waals surface area contributed by atoms with Gasteiger partial charge in [-0.2, -0.15) is 5.26 Å². The van der Waals surface area contributed by atoms with E-state index in [2.05, 4.69) is 6.07 Å². The molecule has 0 bridgehead atoms. The minimum Gasteiger partial charge on any atom is -0.308 e. The van der Waals surface area contributed by atoms with Gasteiger partial charge in [0.1, 0.15) is 6.61 Å². The van der Waals surface area contributed by atoms with E-state index in [0.717, 1.165) is 5.56 Å². The highest BCUT2D eigenvalue weighted by atomic mass is 31.2. The second kappa shape index (κ2) is 12.4. The maximum Gasteiger partial charge on any atom is 0.338 e. The summed E-state index contributed by atoms with van der Waals surface area (Å²) in [5, 5.41) is 10.8. The number of rotatable bonds is 12. The average molecular weight is 444 g/mol. The number of hydroxylamine groups is 2. The number of carbonyl (C=O) groups excluding carboxylic acids is 1. The lowest BCUT2D eigenvalue weighted by molar-refractivity contribution is -0.189. The fraction of sp³-hybridized carbons (Fsp3) is 0.391. The van der Waals surface area contributed by atoms with E-state index < -0.39 is 13.3 Å². The zero-order valence-electron chi connectivity index (χ0n) is 18.2. The van der Waals surface area contributed by atoms with Crippen LogP contribution >= 0.6 is 7.60 Å². The molecule has 8 heteroatoms. The summed E-state index contributed by atoms with van der Waals surface area (Å²) in [6.45, 7) is 5.68. The Bertz CT molecular complexity index is 919. The second-order valence-electron chi connectivity index (χ2n) is 6.76. The van der Waals surface area contributed by atoms with Crippen LogP contribution in [-0.4, -0.2) is 30.7 Å². The van der Waals surface area contributed by atoms with Gasteiger partial charge in [0, 0.05) is 13.5 Å². The van der Waals surface area contributed by atoms with Crippen LogP contribution in [0.2, 0.25) is 0 Å². The average Bonchev–Trinajstić information content (AvgIpc) is 2.77. The van der Waals surface area contributed by atoms with Crippen molar-refractivity contribution in [2.45, 2.75) is 39.5 Å². The summed E-state index contributed by atoms with van der Waals surface area (Å²) in [5.74, 6) is -0.272. The number of carbonyl (C=O) groups is 1. The third-order valence-electron chi connectivity index (χ3n) is 4.63. The molecule has 2 aromatic rings. The van der Waals surface area contributed by atoms with Crippen molar-refractivity contribution in [2.75, 3.05) is 19.8 Å². The molecule has 0 aromatic heterocycles. The van der Waals surface area contributed by atoms with E-state index in [4.69, 9.17) is 13.9 Å². The molecule has 0 saturated heterocycles. The Morgan fingerprint density at radius 1 is 1.06 bits per heavy atom. The van der Waals surface area contributed by atoms with Crippen molar-refractivity contribution in [1.82, 2.24) is 5.06 Å². The summed E-state index contributed by atoms with van der Waals surface area (Å²) < 4.78 is 24.8. The first-order valence-corrected chi connectivity index (χ1v) is 11.9. The van der Waals surface area contributed by atoms with Crippen LogP contribution in [0.4, 0.5) is 0 Å². The Morgan fingerprint density at radius 2 is 1.68 bits per heavy atom. The molecule has 7 nitrogen and oxygen atoms in total. The second-order valence-corrected chi connectivity index (χ2v) is 8.98. The summed E-state index contributed by atoms with van der Waals surface area (Å²) in [6, 6.07) is 18.6. The van der Waals surface area contributed by atoms with Gasteiger partial charge in [0.2, 0.25) is 5.91 Å². The number of amides is 1. The van der Waals surface area contributed by atoms with Crippen molar-refractivity contribution in [1.29, 1.82) is 5.26 Å². The molecule has 0 aliphatic carbocycles. The maximum atomic E-state index is 13.6. The highest BCUT2D eigenvalue weighted by Gasteiger charge is 2.38. The summed E-state index contributed by atoms with van der Waals surface area (Å²) in [7, 11) is -3.60. The van der Waals surface area contributed by atoms with Crippen LogP contribution in [0.1, 0.15) is 49.5 Å². The molecule has 31 heavy (non-hydrogen) atoms. The Balaban J connectivity index is 2.27. The van der Waals surface area contributed by atoms with E-state index in [-0.39, 0.29) is 38.7 Å². The number of benzene rings is 2. The molecular formula is C23H29N2O5P. The fourth-order valence-electron chi connectivity index (χ4n) is 3.23. The quantitative estimate of drug-likeness (QED) is 0.329. The summed E-state index contributed by atoms with van der Waals surface area (Å²) in [4.78, 5) is 17.9. The van der Waals surface area contributed by atoms with E-state index in [0.29, 0.717) is 11.1 Å². The highest BCUT2D eigenvalue weighted by Crippen LogP contribution is 2.62. The van der Waals surface area contributed by atoms with Gasteiger partial charge < -0.3 is 9.05 Å². The molecule has 0 N–H and O–H groups in total. The van der Waals surface area contributed by atoms with E-state index in [9.17, 15) is 14.6 Å². The Hall–Kier alpha value is -2.49. The largest absolute Gasteiger partial charge is 0.338 e. The molecular weight excluding hydrogens is 415 g/mol. The van der Waals surface area contributed by atoms with E-state index >= 15 is 0 Å². The SMILES string of the molecule is CCOP(=O)(OCC)C(CCN(OCc1ccccc1)C(C)=O)c1ccccc1C#N. The lowest BCUT2D eigenvalue weighted by Crippen LogP contribution is -2.31. The molecule has 0 aliphatic heterocycles. The third kappa shape index (κ3) is 7.02. The third-order valence-corrected chi connectivity index (χ3v) is 7.16. The van der Waals surface area contributed by atoms with Crippen LogP contribution in [0, 0.1) is 11.3 Å². The van der Waals surface area contributed by atoms with Gasteiger partial charge >= 0.3 is 7.60 Å². The first-order valence-electron chi connectivity index (χ1n) is 10.3. The molecule has 1 amide bonds. The predicted octanol–water partition coefficient (Wildman–Crippen LogP) is 5.24. The molecule has 0 aliphatic rings. The number of hydrogen-bond donors (Lipinski definition) is 0. The minimum atomic E-state index is -3.60. The zero-order valence-corrected chi connectivity index (χ0v) is 19.1. The molecule has 0 fully saturated rings. The number of nitrogens with zero attached hydrogens (tertiary/aromatic N) is 2. The summed E-state index contributed by atoms with van der Waals surface area (Å²) >= 11 is 0. The topological polar surface area (TPSA) is 88.9 Å². The molecule has 2 aromatic carbocycles. The molecule has 1 atom stereocenters. The van der Waals surface area contributed by atoms with Crippen LogP contribution in [0.3, 0.4) is 0 Å². The lowest BCUT2D eigenvalue weighted by Gasteiger charge is -2.29. The molecule has 0 radical (unpaired) electrons. The van der Waals surface area contributed by atoms with Gasteiger partial charge in [-0.05, 0) is 37.5 Å². The molecule has 2 rings (SSSR count). The smallest absolute Gasteiger partial charge is 0.308 e.